The van der Waals surface area contributed by atoms with Crippen LogP contribution in [0, 0.1) is 0 Å². The van der Waals surface area contributed by atoms with E-state index in [0.29, 0.717) is 0 Å². The molecule has 0 saturated heterocycles. The van der Waals surface area contributed by atoms with E-state index in [1.807, 2.05) is 25.3 Å². The van der Waals surface area contributed by atoms with E-state index >= 15 is 0 Å². The van der Waals surface area contributed by atoms with Gasteiger partial charge in [-0.25, -0.2) is 0 Å². The first-order valence-corrected chi connectivity index (χ1v) is 4.12. The van der Waals surface area contributed by atoms with Crippen LogP contribution in [0.2, 0.25) is 0 Å². The van der Waals surface area contributed by atoms with Gasteiger partial charge in [0.25, 0.3) is 0 Å². The van der Waals surface area contributed by atoms with Crippen LogP contribution in [-0.2, 0) is 16.1 Å². The topological polar surface area (TPSA) is 57.2 Å². The van der Waals surface area contributed by atoms with Crippen molar-refractivity contribution in [2.75, 3.05) is 7.11 Å². The van der Waals surface area contributed by atoms with Crippen LogP contribution in [0.4, 0.5) is 0 Å². The summed E-state index contributed by atoms with van der Waals surface area (Å²) in [5, 5.41) is 0. The highest BCUT2D eigenvalue weighted by atomic mass is 16.5. The number of hydrogen-bond acceptors (Lipinski definition) is 3. The molecule has 1 unspecified atom stereocenters. The summed E-state index contributed by atoms with van der Waals surface area (Å²) in [5.74, 6) is -0.266. The van der Waals surface area contributed by atoms with Crippen LogP contribution < -0.4 is 5.73 Å². The Morgan fingerprint density at radius 3 is 3.00 bits per heavy atom. The summed E-state index contributed by atoms with van der Waals surface area (Å²) in [7, 11) is 1.37. The minimum atomic E-state index is -0.266. The Morgan fingerprint density at radius 1 is 1.77 bits per heavy atom. The molecule has 1 heterocycles. The van der Waals surface area contributed by atoms with E-state index in [1.165, 1.54) is 7.11 Å². The number of carbonyl (C=O) groups is 1. The Kier molecular flexibility index (Phi) is 3.08. The first-order chi connectivity index (χ1) is 6.15. The predicted molar refractivity (Wildman–Crippen MR) is 49.1 cm³/mol. The van der Waals surface area contributed by atoms with Gasteiger partial charge >= 0.3 is 5.97 Å². The molecule has 0 fully saturated rings. The molecule has 0 amide bonds. The van der Waals surface area contributed by atoms with Gasteiger partial charge in [0.15, 0.2) is 0 Å². The molecule has 1 aromatic rings. The average Bonchev–Trinajstić information content (AvgIpc) is 2.52. The van der Waals surface area contributed by atoms with E-state index in [0.717, 1.165) is 5.69 Å². The monoisotopic (exact) mass is 182 g/mol. The maximum atomic E-state index is 11.0. The van der Waals surface area contributed by atoms with Crippen molar-refractivity contribution in [3.8, 4) is 0 Å². The first kappa shape index (κ1) is 9.80. The van der Waals surface area contributed by atoms with Crippen molar-refractivity contribution in [3.63, 3.8) is 0 Å². The largest absolute Gasteiger partial charge is 0.468 e. The number of esters is 1. The van der Waals surface area contributed by atoms with Crippen LogP contribution in [0.25, 0.3) is 0 Å². The van der Waals surface area contributed by atoms with Crippen molar-refractivity contribution in [1.29, 1.82) is 0 Å². The van der Waals surface area contributed by atoms with E-state index < -0.39 is 0 Å². The van der Waals surface area contributed by atoms with Gasteiger partial charge in [0.2, 0.25) is 0 Å². The Labute approximate surface area is 77.3 Å². The molecule has 72 valence electrons. The number of nitrogens with zero attached hydrogens (tertiary/aromatic N) is 1. The second-order valence-electron chi connectivity index (χ2n) is 2.93. The highest BCUT2D eigenvalue weighted by Crippen LogP contribution is 2.10. The standard InChI is InChI=1S/C9H14N2O2/c1-7(10)8-4-3-5-11(8)6-9(12)13-2/h3-5,7H,6,10H2,1-2H3. The van der Waals surface area contributed by atoms with Gasteiger partial charge in [-0.15, -0.1) is 0 Å². The Hall–Kier alpha value is -1.29. The maximum Gasteiger partial charge on any atom is 0.325 e. The molecule has 1 atom stereocenters. The number of carbonyl (C=O) groups excluding carboxylic acids is 1. The molecule has 0 bridgehead atoms. The summed E-state index contributed by atoms with van der Waals surface area (Å²) in [6, 6.07) is 3.69. The van der Waals surface area contributed by atoms with Crippen molar-refractivity contribution < 1.29 is 9.53 Å². The van der Waals surface area contributed by atoms with E-state index in [9.17, 15) is 4.79 Å². The summed E-state index contributed by atoms with van der Waals surface area (Å²) >= 11 is 0. The molecule has 0 aliphatic heterocycles. The van der Waals surface area contributed by atoms with Gasteiger partial charge in [-0.1, -0.05) is 0 Å². The summed E-state index contributed by atoms with van der Waals surface area (Å²) in [5.41, 5.74) is 6.64. The normalized spacial score (nSPS) is 12.5. The number of methoxy groups -OCH3 is 1. The van der Waals surface area contributed by atoms with Crippen molar-refractivity contribution >= 4 is 5.97 Å². The smallest absolute Gasteiger partial charge is 0.325 e. The molecule has 2 N–H and O–H groups in total. The third kappa shape index (κ3) is 2.32. The zero-order chi connectivity index (χ0) is 9.84. The summed E-state index contributed by atoms with van der Waals surface area (Å²) in [6.45, 7) is 2.10. The van der Waals surface area contributed by atoms with Gasteiger partial charge in [-0.3, -0.25) is 4.79 Å². The molecule has 4 heteroatoms. The van der Waals surface area contributed by atoms with Crippen molar-refractivity contribution in [2.45, 2.75) is 19.5 Å². The van der Waals surface area contributed by atoms with Gasteiger partial charge in [-0.05, 0) is 19.1 Å². The fraction of sp³-hybridized carbons (Fsp3) is 0.444. The molecule has 1 aromatic heterocycles. The average molecular weight is 182 g/mol. The molecule has 0 aromatic carbocycles. The predicted octanol–water partition coefficient (Wildman–Crippen LogP) is 0.681. The van der Waals surface area contributed by atoms with Gasteiger partial charge in [0.1, 0.15) is 6.54 Å². The fourth-order valence-electron chi connectivity index (χ4n) is 1.19. The van der Waals surface area contributed by atoms with E-state index in [1.54, 1.807) is 4.57 Å². The van der Waals surface area contributed by atoms with E-state index in [4.69, 9.17) is 5.73 Å². The molecule has 0 saturated carbocycles. The number of rotatable bonds is 3. The van der Waals surface area contributed by atoms with Gasteiger partial charge in [0, 0.05) is 17.9 Å². The third-order valence-electron chi connectivity index (χ3n) is 1.86. The number of hydrogen-bond donors (Lipinski definition) is 1. The highest BCUT2D eigenvalue weighted by Gasteiger charge is 2.08. The lowest BCUT2D eigenvalue weighted by Crippen LogP contribution is -2.17. The zero-order valence-corrected chi connectivity index (χ0v) is 7.86. The zero-order valence-electron chi connectivity index (χ0n) is 7.86. The molecule has 4 nitrogen and oxygen atoms in total. The van der Waals surface area contributed by atoms with Crippen LogP contribution >= 0.6 is 0 Å². The van der Waals surface area contributed by atoms with Gasteiger partial charge < -0.3 is 15.0 Å². The molecule has 1 rings (SSSR count). The summed E-state index contributed by atoms with van der Waals surface area (Å²) in [6.07, 6.45) is 1.82. The summed E-state index contributed by atoms with van der Waals surface area (Å²) in [4.78, 5) is 11.0. The summed E-state index contributed by atoms with van der Waals surface area (Å²) < 4.78 is 6.35. The van der Waals surface area contributed by atoms with Crippen molar-refractivity contribution in [1.82, 2.24) is 4.57 Å². The first-order valence-electron chi connectivity index (χ1n) is 4.12. The molecular weight excluding hydrogens is 168 g/mol. The second-order valence-corrected chi connectivity index (χ2v) is 2.93. The van der Waals surface area contributed by atoms with Crippen LogP contribution in [0.1, 0.15) is 18.7 Å². The Bertz CT molecular complexity index is 292. The van der Waals surface area contributed by atoms with Crippen molar-refractivity contribution in [2.24, 2.45) is 5.73 Å². The lowest BCUT2D eigenvalue weighted by Gasteiger charge is -2.10. The second kappa shape index (κ2) is 4.09. The number of aromatic nitrogens is 1. The number of nitrogens with two attached hydrogens (primary N) is 1. The van der Waals surface area contributed by atoms with E-state index in [2.05, 4.69) is 4.74 Å². The quantitative estimate of drug-likeness (QED) is 0.699. The molecule has 0 radical (unpaired) electrons. The lowest BCUT2D eigenvalue weighted by molar-refractivity contribution is -0.141. The SMILES string of the molecule is COC(=O)Cn1cccc1C(C)N. The van der Waals surface area contributed by atoms with Crippen LogP contribution in [0.3, 0.4) is 0 Å². The van der Waals surface area contributed by atoms with Crippen LogP contribution in [-0.4, -0.2) is 17.6 Å². The van der Waals surface area contributed by atoms with Crippen molar-refractivity contribution in [3.05, 3.63) is 24.0 Å². The minimum absolute atomic E-state index is 0.0698. The molecule has 0 spiro atoms. The highest BCUT2D eigenvalue weighted by molar-refractivity contribution is 5.69. The van der Waals surface area contributed by atoms with E-state index in [-0.39, 0.29) is 18.6 Å². The number of ether oxygens (including phenoxy) is 1. The third-order valence-corrected chi connectivity index (χ3v) is 1.86. The van der Waals surface area contributed by atoms with Crippen LogP contribution in [0.5, 0.6) is 0 Å². The fourth-order valence-corrected chi connectivity index (χ4v) is 1.19. The Balaban J connectivity index is 2.76. The maximum absolute atomic E-state index is 11.0. The van der Waals surface area contributed by atoms with Crippen LogP contribution in [0.15, 0.2) is 18.3 Å². The van der Waals surface area contributed by atoms with Gasteiger partial charge in [0.05, 0.1) is 7.11 Å². The molecule has 13 heavy (non-hydrogen) atoms. The minimum Gasteiger partial charge on any atom is -0.468 e. The Morgan fingerprint density at radius 2 is 2.46 bits per heavy atom. The molecule has 0 aliphatic carbocycles. The molecular formula is C9H14N2O2. The van der Waals surface area contributed by atoms with Gasteiger partial charge in [-0.2, -0.15) is 0 Å². The lowest BCUT2D eigenvalue weighted by atomic mass is 10.2. The molecule has 0 aliphatic rings.